The summed E-state index contributed by atoms with van der Waals surface area (Å²) in [4.78, 5) is 10.8. The van der Waals surface area contributed by atoms with Gasteiger partial charge in [-0.2, -0.15) is 5.26 Å². The number of hydrogen-bond donors (Lipinski definition) is 0. The average molecular weight is 267 g/mol. The molecule has 0 aliphatic carbocycles. The molecule has 13 heavy (non-hydrogen) atoms. The highest BCUT2D eigenvalue weighted by Gasteiger charge is 2.23. The molecule has 0 aliphatic heterocycles. The van der Waals surface area contributed by atoms with Crippen molar-refractivity contribution in [3.63, 3.8) is 0 Å². The molecule has 0 aromatic carbocycles. The Hall–Kier alpha value is -1.00. The van der Waals surface area contributed by atoms with Crippen LogP contribution in [0.5, 0.6) is 0 Å². The van der Waals surface area contributed by atoms with Crippen LogP contribution in [-0.4, -0.2) is 11.3 Å². The van der Waals surface area contributed by atoms with Gasteiger partial charge < -0.3 is 0 Å². The first kappa shape index (κ1) is 10.1. The predicted molar refractivity (Wildman–Crippen MR) is 45.1 cm³/mol. The molecule has 0 N–H and O–H groups in total. The molecule has 0 aliphatic rings. The fourth-order valence-electron chi connectivity index (χ4n) is 0.703. The summed E-state index contributed by atoms with van der Waals surface area (Å²) in [5.74, 6) is -1.48. The highest BCUT2D eigenvalue weighted by Crippen LogP contribution is 2.28. The van der Waals surface area contributed by atoms with E-state index >= 15 is 0 Å². The summed E-state index contributed by atoms with van der Waals surface area (Å²) in [6, 6.07) is 1.66. The molecule has 3 nitrogen and oxygen atoms in total. The van der Waals surface area contributed by atoms with Gasteiger partial charge in [0, 0.05) is 15.2 Å². The summed E-state index contributed by atoms with van der Waals surface area (Å²) < 4.78 is 23.9. The van der Waals surface area contributed by atoms with Gasteiger partial charge in [-0.1, -0.05) is 8.96 Å². The lowest BCUT2D eigenvalue weighted by atomic mass is 10.2. The number of rotatable bonds is 1. The smallest absolute Gasteiger partial charge is 0.263 e. The number of nitriles is 1. The fourth-order valence-corrected chi connectivity index (χ4v) is 2.19. The van der Waals surface area contributed by atoms with E-state index in [1.165, 1.54) is 5.38 Å². The van der Waals surface area contributed by atoms with Crippen LogP contribution in [0, 0.1) is 11.3 Å². The van der Waals surface area contributed by atoms with Crippen LogP contribution in [0.4, 0.5) is 8.96 Å². The molecule has 1 rings (SSSR count). The number of thiophene rings is 1. The quantitative estimate of drug-likeness (QED) is 0.734. The lowest BCUT2D eigenvalue weighted by molar-refractivity contribution is -0.108. The van der Waals surface area contributed by atoms with E-state index in [9.17, 15) is 13.8 Å². The second-order valence-corrected chi connectivity index (χ2v) is 3.67. The van der Waals surface area contributed by atoms with Gasteiger partial charge in [-0.15, -0.1) is 11.3 Å². The Kier molecular flexibility index (Phi) is 2.95. The van der Waals surface area contributed by atoms with Crippen LogP contribution in [0.15, 0.2) is 9.85 Å². The zero-order chi connectivity index (χ0) is 10.0. The summed E-state index contributed by atoms with van der Waals surface area (Å²) in [5.41, 5.74) is -0.294. The number of halogens is 3. The van der Waals surface area contributed by atoms with E-state index < -0.39 is 11.3 Å². The van der Waals surface area contributed by atoms with Crippen molar-refractivity contribution in [2.75, 3.05) is 0 Å². The first-order valence-electron chi connectivity index (χ1n) is 2.91. The standard InChI is InChI=1S/C6HBrF2N2OS/c7-3-2-13-4(1-10)5(3)6(12)11(8)9/h2H. The molecule has 0 fully saturated rings. The van der Waals surface area contributed by atoms with E-state index in [1.54, 1.807) is 6.07 Å². The Balaban J connectivity index is 3.21. The third-order valence-corrected chi connectivity index (χ3v) is 3.03. The van der Waals surface area contributed by atoms with Crippen LogP contribution in [0.25, 0.3) is 0 Å². The van der Waals surface area contributed by atoms with Crippen LogP contribution in [-0.2, 0) is 0 Å². The highest BCUT2D eigenvalue weighted by atomic mass is 79.9. The molecular formula is C6HBrF2N2OS. The van der Waals surface area contributed by atoms with E-state index in [0.717, 1.165) is 11.3 Å². The van der Waals surface area contributed by atoms with Gasteiger partial charge in [-0.25, -0.2) is 0 Å². The molecule has 7 heteroatoms. The van der Waals surface area contributed by atoms with Crippen molar-refractivity contribution >= 4 is 33.2 Å². The van der Waals surface area contributed by atoms with Gasteiger partial charge in [0.15, 0.2) is 0 Å². The maximum absolute atomic E-state index is 11.8. The molecule has 0 saturated heterocycles. The second kappa shape index (κ2) is 3.81. The maximum Gasteiger partial charge on any atom is 0.317 e. The molecule has 1 amide bonds. The number of amides is 1. The van der Waals surface area contributed by atoms with E-state index in [0.29, 0.717) is 0 Å². The van der Waals surface area contributed by atoms with Crippen molar-refractivity contribution < 1.29 is 13.8 Å². The largest absolute Gasteiger partial charge is 0.317 e. The predicted octanol–water partition coefficient (Wildman–Crippen LogP) is 2.59. The van der Waals surface area contributed by atoms with E-state index in [1.807, 2.05) is 0 Å². The molecule has 1 heterocycles. The van der Waals surface area contributed by atoms with Gasteiger partial charge in [0.05, 0.1) is 5.56 Å². The average Bonchev–Trinajstić information content (AvgIpc) is 2.45. The van der Waals surface area contributed by atoms with E-state index in [2.05, 4.69) is 15.9 Å². The molecule has 1 aromatic heterocycles. The van der Waals surface area contributed by atoms with Crippen LogP contribution in [0.3, 0.4) is 0 Å². The van der Waals surface area contributed by atoms with Crippen LogP contribution in [0.2, 0.25) is 0 Å². The van der Waals surface area contributed by atoms with Crippen molar-refractivity contribution in [3.8, 4) is 6.07 Å². The van der Waals surface area contributed by atoms with Gasteiger partial charge in [-0.05, 0) is 15.9 Å². The SMILES string of the molecule is N#Cc1scc(Br)c1C(=O)N(F)F. The molecule has 0 bridgehead atoms. The minimum atomic E-state index is -1.55. The van der Waals surface area contributed by atoms with E-state index in [-0.39, 0.29) is 14.9 Å². The minimum Gasteiger partial charge on any atom is -0.263 e. The van der Waals surface area contributed by atoms with Crippen molar-refractivity contribution in [1.82, 2.24) is 5.34 Å². The highest BCUT2D eigenvalue weighted by molar-refractivity contribution is 9.10. The Morgan fingerprint density at radius 3 is 2.77 bits per heavy atom. The lowest BCUT2D eigenvalue weighted by Crippen LogP contribution is -2.14. The first-order valence-corrected chi connectivity index (χ1v) is 4.58. The minimum absolute atomic E-state index is 0.0304. The van der Waals surface area contributed by atoms with Gasteiger partial charge in [0.2, 0.25) is 0 Å². The van der Waals surface area contributed by atoms with Gasteiger partial charge in [-0.3, -0.25) is 4.79 Å². The Morgan fingerprint density at radius 1 is 1.69 bits per heavy atom. The second-order valence-electron chi connectivity index (χ2n) is 1.94. The number of hydrogen-bond acceptors (Lipinski definition) is 3. The third kappa shape index (κ3) is 1.84. The van der Waals surface area contributed by atoms with Crippen molar-refractivity contribution in [2.45, 2.75) is 0 Å². The topological polar surface area (TPSA) is 44.1 Å². The van der Waals surface area contributed by atoms with Crippen molar-refractivity contribution in [3.05, 3.63) is 20.3 Å². The Morgan fingerprint density at radius 2 is 2.31 bits per heavy atom. The molecule has 0 saturated carbocycles. The van der Waals surface area contributed by atoms with Crippen LogP contribution < -0.4 is 0 Å². The molecule has 68 valence electrons. The lowest BCUT2D eigenvalue weighted by Gasteiger charge is -1.98. The Bertz CT molecular complexity index is 384. The number of carbonyl (C=O) groups is 1. The zero-order valence-corrected chi connectivity index (χ0v) is 8.32. The molecule has 0 unspecified atom stereocenters. The fraction of sp³-hybridized carbons (Fsp3) is 0. The van der Waals surface area contributed by atoms with Crippen molar-refractivity contribution in [2.24, 2.45) is 0 Å². The van der Waals surface area contributed by atoms with Gasteiger partial charge in [0.25, 0.3) is 0 Å². The van der Waals surface area contributed by atoms with Crippen molar-refractivity contribution in [1.29, 1.82) is 5.26 Å². The summed E-state index contributed by atoms with van der Waals surface area (Å²) in [5, 5.41) is 8.35. The molecule has 0 spiro atoms. The summed E-state index contributed by atoms with van der Waals surface area (Å²) in [6.07, 6.45) is 0. The normalized spacial score (nSPS) is 9.38. The van der Waals surface area contributed by atoms with Gasteiger partial charge >= 0.3 is 5.91 Å². The number of carbonyl (C=O) groups excluding carboxylic acids is 1. The summed E-state index contributed by atoms with van der Waals surface area (Å²) in [7, 11) is 0. The number of nitrogens with zero attached hydrogens (tertiary/aromatic N) is 2. The molecular weight excluding hydrogens is 266 g/mol. The maximum atomic E-state index is 11.8. The monoisotopic (exact) mass is 266 g/mol. The van der Waals surface area contributed by atoms with E-state index in [4.69, 9.17) is 5.26 Å². The van der Waals surface area contributed by atoms with Crippen LogP contribution >= 0.6 is 27.3 Å². The molecule has 0 radical (unpaired) electrons. The third-order valence-electron chi connectivity index (χ3n) is 1.22. The molecule has 0 atom stereocenters. The molecule has 1 aromatic rings. The van der Waals surface area contributed by atoms with Crippen LogP contribution in [0.1, 0.15) is 15.2 Å². The summed E-state index contributed by atoms with van der Waals surface area (Å²) in [6.45, 7) is 0. The zero-order valence-electron chi connectivity index (χ0n) is 5.92. The Labute approximate surface area is 84.2 Å². The van der Waals surface area contributed by atoms with Gasteiger partial charge in [0.1, 0.15) is 10.9 Å². The first-order chi connectivity index (χ1) is 6.07. The summed E-state index contributed by atoms with van der Waals surface area (Å²) >= 11 is 3.84.